The Kier molecular flexibility index (Phi) is 3.91. The number of nitrogens with zero attached hydrogens (tertiary/aromatic N) is 3. The number of nitrogens with one attached hydrogen (secondary N) is 2. The van der Waals surface area contributed by atoms with Gasteiger partial charge < -0.3 is 10.6 Å². The molecule has 1 fully saturated rings. The van der Waals surface area contributed by atoms with Gasteiger partial charge in [0.05, 0.1) is 17.5 Å². The maximum Gasteiger partial charge on any atom is 0.259 e. The predicted molar refractivity (Wildman–Crippen MR) is 98.2 cm³/mol. The van der Waals surface area contributed by atoms with Gasteiger partial charge >= 0.3 is 0 Å². The van der Waals surface area contributed by atoms with Gasteiger partial charge in [0.1, 0.15) is 0 Å². The van der Waals surface area contributed by atoms with E-state index in [2.05, 4.69) is 20.7 Å². The quantitative estimate of drug-likeness (QED) is 0.758. The third-order valence-electron chi connectivity index (χ3n) is 4.52. The summed E-state index contributed by atoms with van der Waals surface area (Å²) in [5.41, 5.74) is 4.02. The van der Waals surface area contributed by atoms with Crippen molar-refractivity contribution in [3.8, 4) is 0 Å². The van der Waals surface area contributed by atoms with Gasteiger partial charge in [-0.25, -0.2) is 9.50 Å². The van der Waals surface area contributed by atoms with Crippen LogP contribution >= 0.6 is 0 Å². The summed E-state index contributed by atoms with van der Waals surface area (Å²) in [6.45, 7) is 3.70. The average molecular weight is 349 g/mol. The molecular weight excluding hydrogens is 330 g/mol. The average Bonchev–Trinajstić information content (AvgIpc) is 3.36. The Hall–Kier alpha value is -3.22. The lowest BCUT2D eigenvalue weighted by Gasteiger charge is -2.12. The first kappa shape index (κ1) is 16.3. The van der Waals surface area contributed by atoms with E-state index in [0.717, 1.165) is 18.4 Å². The van der Waals surface area contributed by atoms with Crippen LogP contribution in [0.5, 0.6) is 0 Å². The van der Waals surface area contributed by atoms with Crippen molar-refractivity contribution in [1.29, 1.82) is 0 Å². The molecule has 7 heteroatoms. The van der Waals surface area contributed by atoms with Gasteiger partial charge in [-0.2, -0.15) is 5.10 Å². The Morgan fingerprint density at radius 1 is 1.15 bits per heavy atom. The smallest absolute Gasteiger partial charge is 0.259 e. The molecule has 2 heterocycles. The molecule has 0 atom stereocenters. The maximum atomic E-state index is 12.7. The highest BCUT2D eigenvalue weighted by Crippen LogP contribution is 2.31. The molecule has 0 radical (unpaired) electrons. The Balaban J connectivity index is 1.57. The number of hydrogen-bond acceptors (Lipinski definition) is 4. The number of carbonyl (C=O) groups is 2. The van der Waals surface area contributed by atoms with E-state index in [1.165, 1.54) is 0 Å². The molecule has 2 N–H and O–H groups in total. The fourth-order valence-electron chi connectivity index (χ4n) is 2.78. The van der Waals surface area contributed by atoms with E-state index in [4.69, 9.17) is 0 Å². The molecule has 1 saturated carbocycles. The van der Waals surface area contributed by atoms with Crippen molar-refractivity contribution in [2.45, 2.75) is 26.7 Å². The normalized spacial score (nSPS) is 13.6. The van der Waals surface area contributed by atoms with E-state index < -0.39 is 0 Å². The van der Waals surface area contributed by atoms with Crippen molar-refractivity contribution in [3.63, 3.8) is 0 Å². The SMILES string of the molecule is Cc1ccc(NC(=O)C2CC2)cc1NC(=O)c1cn2nccc2nc1C. The fourth-order valence-corrected chi connectivity index (χ4v) is 2.78. The summed E-state index contributed by atoms with van der Waals surface area (Å²) in [7, 11) is 0. The van der Waals surface area contributed by atoms with Crippen LogP contribution in [0, 0.1) is 19.8 Å². The van der Waals surface area contributed by atoms with E-state index >= 15 is 0 Å². The third-order valence-corrected chi connectivity index (χ3v) is 4.52. The first-order valence-corrected chi connectivity index (χ1v) is 8.55. The second-order valence-electron chi connectivity index (χ2n) is 6.62. The van der Waals surface area contributed by atoms with E-state index in [1.54, 1.807) is 36.0 Å². The lowest BCUT2D eigenvalue weighted by atomic mass is 10.1. The fraction of sp³-hybridized carbons (Fsp3) is 0.263. The molecule has 0 bridgehead atoms. The van der Waals surface area contributed by atoms with Crippen LogP contribution in [0.3, 0.4) is 0 Å². The second kappa shape index (κ2) is 6.25. The monoisotopic (exact) mass is 349 g/mol. The molecule has 2 aromatic heterocycles. The Morgan fingerprint density at radius 3 is 2.73 bits per heavy atom. The lowest BCUT2D eigenvalue weighted by molar-refractivity contribution is -0.117. The number of carbonyl (C=O) groups excluding carboxylic acids is 2. The van der Waals surface area contributed by atoms with Crippen LogP contribution in [0.15, 0.2) is 36.7 Å². The Morgan fingerprint density at radius 2 is 1.96 bits per heavy atom. The molecule has 0 aliphatic heterocycles. The molecule has 2 amide bonds. The van der Waals surface area contributed by atoms with Crippen molar-refractivity contribution in [2.75, 3.05) is 10.6 Å². The summed E-state index contributed by atoms with van der Waals surface area (Å²) in [4.78, 5) is 29.1. The van der Waals surface area contributed by atoms with E-state index in [1.807, 2.05) is 19.1 Å². The van der Waals surface area contributed by atoms with E-state index in [9.17, 15) is 9.59 Å². The second-order valence-corrected chi connectivity index (χ2v) is 6.62. The molecule has 0 saturated heterocycles. The molecule has 0 unspecified atom stereocenters. The highest BCUT2D eigenvalue weighted by atomic mass is 16.2. The zero-order valence-corrected chi connectivity index (χ0v) is 14.6. The minimum absolute atomic E-state index is 0.0373. The van der Waals surface area contributed by atoms with Gasteiger partial charge in [-0.05, 0) is 44.4 Å². The van der Waals surface area contributed by atoms with Gasteiger partial charge in [-0.1, -0.05) is 6.07 Å². The Labute approximate surface area is 150 Å². The zero-order valence-electron chi connectivity index (χ0n) is 14.6. The van der Waals surface area contributed by atoms with Gasteiger partial charge in [0.25, 0.3) is 5.91 Å². The highest BCUT2D eigenvalue weighted by molar-refractivity contribution is 6.05. The number of aromatic nitrogens is 3. The standard InChI is InChI=1S/C19H19N5O2/c1-11-3-6-14(22-18(25)13-4-5-13)9-16(11)23-19(26)15-10-24-17(7-8-20-24)21-12(15)2/h3,6-10,13H,4-5H2,1-2H3,(H,22,25)(H,23,26). The molecule has 7 nitrogen and oxygen atoms in total. The minimum Gasteiger partial charge on any atom is -0.326 e. The van der Waals surface area contributed by atoms with Crippen LogP contribution in [0.25, 0.3) is 5.65 Å². The number of aryl methyl sites for hydroxylation is 2. The van der Waals surface area contributed by atoms with Gasteiger partial charge in [0.2, 0.25) is 5.91 Å². The largest absolute Gasteiger partial charge is 0.326 e. The van der Waals surface area contributed by atoms with Crippen molar-refractivity contribution in [1.82, 2.24) is 14.6 Å². The molecule has 0 spiro atoms. The number of hydrogen-bond donors (Lipinski definition) is 2. The first-order valence-electron chi connectivity index (χ1n) is 8.55. The summed E-state index contributed by atoms with van der Waals surface area (Å²) in [5, 5.41) is 9.93. The van der Waals surface area contributed by atoms with Gasteiger partial charge in [0.15, 0.2) is 5.65 Å². The number of benzene rings is 1. The molecule has 1 aliphatic carbocycles. The van der Waals surface area contributed by atoms with Gasteiger partial charge in [-0.15, -0.1) is 0 Å². The van der Waals surface area contributed by atoms with Gasteiger partial charge in [-0.3, -0.25) is 9.59 Å². The maximum absolute atomic E-state index is 12.7. The molecule has 4 rings (SSSR count). The van der Waals surface area contributed by atoms with Crippen molar-refractivity contribution in [3.05, 3.63) is 53.5 Å². The van der Waals surface area contributed by atoms with Crippen molar-refractivity contribution < 1.29 is 9.59 Å². The summed E-state index contributed by atoms with van der Waals surface area (Å²) >= 11 is 0. The number of rotatable bonds is 4. The molecule has 1 aromatic carbocycles. The molecule has 132 valence electrons. The summed E-state index contributed by atoms with van der Waals surface area (Å²) < 4.78 is 1.57. The minimum atomic E-state index is -0.263. The van der Waals surface area contributed by atoms with Crippen LogP contribution in [0.2, 0.25) is 0 Å². The van der Waals surface area contributed by atoms with Gasteiger partial charge in [0, 0.05) is 29.6 Å². The van der Waals surface area contributed by atoms with Crippen LogP contribution in [-0.2, 0) is 4.79 Å². The Bertz CT molecular complexity index is 1020. The summed E-state index contributed by atoms with van der Waals surface area (Å²) in [5.74, 6) is -0.0969. The first-order chi connectivity index (χ1) is 12.5. The summed E-state index contributed by atoms with van der Waals surface area (Å²) in [6.07, 6.45) is 5.20. The van der Waals surface area contributed by atoms with E-state index in [0.29, 0.717) is 28.3 Å². The molecular formula is C19H19N5O2. The molecule has 3 aromatic rings. The number of anilines is 2. The van der Waals surface area contributed by atoms with Crippen LogP contribution in [-0.4, -0.2) is 26.4 Å². The lowest BCUT2D eigenvalue weighted by Crippen LogP contribution is -2.17. The van der Waals surface area contributed by atoms with Crippen molar-refractivity contribution in [2.24, 2.45) is 5.92 Å². The number of fused-ring (bicyclic) bond motifs is 1. The highest BCUT2D eigenvalue weighted by Gasteiger charge is 2.29. The topological polar surface area (TPSA) is 88.4 Å². The summed E-state index contributed by atoms with van der Waals surface area (Å²) in [6, 6.07) is 7.28. The van der Waals surface area contributed by atoms with Crippen LogP contribution in [0.4, 0.5) is 11.4 Å². The molecule has 1 aliphatic rings. The van der Waals surface area contributed by atoms with Crippen LogP contribution < -0.4 is 10.6 Å². The zero-order chi connectivity index (χ0) is 18.3. The third kappa shape index (κ3) is 3.15. The van der Waals surface area contributed by atoms with Crippen LogP contribution in [0.1, 0.15) is 34.5 Å². The number of amides is 2. The molecule has 26 heavy (non-hydrogen) atoms. The van der Waals surface area contributed by atoms with E-state index in [-0.39, 0.29) is 17.7 Å². The van der Waals surface area contributed by atoms with Crippen molar-refractivity contribution >= 4 is 28.8 Å². The predicted octanol–water partition coefficient (Wildman–Crippen LogP) is 2.95.